The van der Waals surface area contributed by atoms with Crippen LogP contribution in [-0.4, -0.2) is 47.4 Å². The molecule has 1 aromatic carbocycles. The molecule has 6 nitrogen and oxygen atoms in total. The van der Waals surface area contributed by atoms with E-state index in [1.165, 1.54) is 0 Å². The molecule has 0 spiro atoms. The maximum atomic E-state index is 12.5. The monoisotopic (exact) mass is 303 g/mol. The molecule has 1 saturated carbocycles. The number of aromatic nitrogens is 2. The van der Waals surface area contributed by atoms with Crippen molar-refractivity contribution in [1.82, 2.24) is 15.2 Å². The van der Waals surface area contributed by atoms with Crippen LogP contribution in [0.5, 0.6) is 0 Å². The summed E-state index contributed by atoms with van der Waals surface area (Å²) in [6.07, 6.45) is 4.79. The number of fused-ring (bicyclic) bond motifs is 1. The summed E-state index contributed by atoms with van der Waals surface area (Å²) in [5.74, 6) is 0.136. The molecule has 1 aliphatic carbocycles. The highest BCUT2D eigenvalue weighted by Crippen LogP contribution is 2.24. The SMILES string of the molecule is COC1CCC(N(C)C(=O)Cc2ccc3nonc3c2)CC1. The molecule has 118 valence electrons. The third-order valence-corrected chi connectivity index (χ3v) is 4.59. The summed E-state index contributed by atoms with van der Waals surface area (Å²) in [4.78, 5) is 14.4. The summed E-state index contributed by atoms with van der Waals surface area (Å²) in [5, 5.41) is 7.58. The Labute approximate surface area is 129 Å². The smallest absolute Gasteiger partial charge is 0.226 e. The average Bonchev–Trinajstić information content (AvgIpc) is 3.02. The van der Waals surface area contributed by atoms with Gasteiger partial charge < -0.3 is 9.64 Å². The van der Waals surface area contributed by atoms with Crippen molar-refractivity contribution in [2.45, 2.75) is 44.2 Å². The van der Waals surface area contributed by atoms with Crippen molar-refractivity contribution < 1.29 is 14.2 Å². The minimum Gasteiger partial charge on any atom is -0.381 e. The van der Waals surface area contributed by atoms with Gasteiger partial charge in [-0.05, 0) is 53.7 Å². The Morgan fingerprint density at radius 2 is 2.00 bits per heavy atom. The van der Waals surface area contributed by atoms with E-state index in [-0.39, 0.29) is 5.91 Å². The highest BCUT2D eigenvalue weighted by molar-refractivity contribution is 5.81. The molecule has 0 bridgehead atoms. The van der Waals surface area contributed by atoms with Gasteiger partial charge in [0.2, 0.25) is 5.91 Å². The first-order valence-electron chi connectivity index (χ1n) is 7.67. The number of carbonyl (C=O) groups excluding carboxylic acids is 1. The molecular weight excluding hydrogens is 282 g/mol. The molecule has 3 rings (SSSR count). The minimum absolute atomic E-state index is 0.136. The molecule has 0 unspecified atom stereocenters. The van der Waals surface area contributed by atoms with E-state index in [1.807, 2.05) is 30.1 Å². The number of carbonyl (C=O) groups is 1. The Morgan fingerprint density at radius 3 is 2.73 bits per heavy atom. The van der Waals surface area contributed by atoms with Crippen LogP contribution >= 0.6 is 0 Å². The molecular formula is C16H21N3O3. The average molecular weight is 303 g/mol. The molecule has 0 atom stereocenters. The molecule has 0 radical (unpaired) electrons. The van der Waals surface area contributed by atoms with Crippen LogP contribution in [0.25, 0.3) is 11.0 Å². The number of nitrogens with zero attached hydrogens (tertiary/aromatic N) is 3. The zero-order chi connectivity index (χ0) is 15.5. The van der Waals surface area contributed by atoms with Gasteiger partial charge in [-0.3, -0.25) is 4.79 Å². The number of hydrogen-bond donors (Lipinski definition) is 0. The van der Waals surface area contributed by atoms with Gasteiger partial charge in [0.1, 0.15) is 11.0 Å². The fourth-order valence-corrected chi connectivity index (χ4v) is 3.11. The van der Waals surface area contributed by atoms with E-state index in [0.717, 1.165) is 31.2 Å². The van der Waals surface area contributed by atoms with Crippen LogP contribution in [0.4, 0.5) is 0 Å². The van der Waals surface area contributed by atoms with Crippen molar-refractivity contribution in [2.24, 2.45) is 0 Å². The number of benzene rings is 1. The lowest BCUT2D eigenvalue weighted by molar-refractivity contribution is -0.132. The van der Waals surface area contributed by atoms with Gasteiger partial charge in [-0.15, -0.1) is 0 Å². The first-order valence-corrected chi connectivity index (χ1v) is 7.67. The second-order valence-electron chi connectivity index (χ2n) is 5.93. The first-order chi connectivity index (χ1) is 10.7. The van der Waals surface area contributed by atoms with Gasteiger partial charge in [0, 0.05) is 20.2 Å². The number of methoxy groups -OCH3 is 1. The van der Waals surface area contributed by atoms with Gasteiger partial charge in [-0.1, -0.05) is 6.07 Å². The molecule has 1 aliphatic rings. The fraction of sp³-hybridized carbons (Fsp3) is 0.562. The van der Waals surface area contributed by atoms with Gasteiger partial charge in [0.05, 0.1) is 12.5 Å². The summed E-state index contributed by atoms with van der Waals surface area (Å²) in [7, 11) is 3.66. The number of likely N-dealkylation sites (N-methyl/N-ethyl adjacent to an activating group) is 1. The Kier molecular flexibility index (Phi) is 4.38. The van der Waals surface area contributed by atoms with Crippen molar-refractivity contribution >= 4 is 16.9 Å². The maximum absolute atomic E-state index is 12.5. The van der Waals surface area contributed by atoms with Gasteiger partial charge >= 0.3 is 0 Å². The van der Waals surface area contributed by atoms with Gasteiger partial charge in [0.25, 0.3) is 0 Å². The van der Waals surface area contributed by atoms with E-state index in [0.29, 0.717) is 29.6 Å². The summed E-state index contributed by atoms with van der Waals surface area (Å²) < 4.78 is 10.1. The van der Waals surface area contributed by atoms with Crippen molar-refractivity contribution in [3.05, 3.63) is 23.8 Å². The van der Waals surface area contributed by atoms with E-state index in [2.05, 4.69) is 14.9 Å². The number of ether oxygens (including phenoxy) is 1. The topological polar surface area (TPSA) is 68.5 Å². The van der Waals surface area contributed by atoms with Crippen molar-refractivity contribution in [1.29, 1.82) is 0 Å². The molecule has 22 heavy (non-hydrogen) atoms. The third kappa shape index (κ3) is 3.11. The molecule has 0 N–H and O–H groups in total. The van der Waals surface area contributed by atoms with Gasteiger partial charge in [-0.2, -0.15) is 0 Å². The van der Waals surface area contributed by atoms with Crippen molar-refractivity contribution in [3.8, 4) is 0 Å². The lowest BCUT2D eigenvalue weighted by Gasteiger charge is -2.34. The zero-order valence-corrected chi connectivity index (χ0v) is 13.0. The maximum Gasteiger partial charge on any atom is 0.226 e. The quantitative estimate of drug-likeness (QED) is 0.866. The summed E-state index contributed by atoms with van der Waals surface area (Å²) in [6, 6.07) is 5.91. The Balaban J connectivity index is 1.61. The molecule has 1 heterocycles. The predicted octanol–water partition coefficient (Wildman–Crippen LogP) is 2.18. The molecule has 0 saturated heterocycles. The van der Waals surface area contributed by atoms with Crippen LogP contribution in [0.1, 0.15) is 31.2 Å². The van der Waals surface area contributed by atoms with Crippen LogP contribution < -0.4 is 0 Å². The molecule has 0 aliphatic heterocycles. The first kappa shape index (κ1) is 15.0. The normalized spacial score (nSPS) is 21.9. The van der Waals surface area contributed by atoms with Crippen LogP contribution in [0, 0.1) is 0 Å². The van der Waals surface area contributed by atoms with Gasteiger partial charge in [0.15, 0.2) is 0 Å². The van der Waals surface area contributed by atoms with Crippen LogP contribution in [0.3, 0.4) is 0 Å². The Morgan fingerprint density at radius 1 is 1.27 bits per heavy atom. The fourth-order valence-electron chi connectivity index (χ4n) is 3.11. The predicted molar refractivity (Wildman–Crippen MR) is 81.3 cm³/mol. The van der Waals surface area contributed by atoms with E-state index < -0.39 is 0 Å². The molecule has 2 aromatic rings. The van der Waals surface area contributed by atoms with E-state index in [1.54, 1.807) is 7.11 Å². The molecule has 1 fully saturated rings. The highest BCUT2D eigenvalue weighted by atomic mass is 16.6. The Hall–Kier alpha value is -1.95. The number of amides is 1. The minimum atomic E-state index is 0.136. The molecule has 1 aromatic heterocycles. The van der Waals surface area contributed by atoms with Crippen molar-refractivity contribution in [3.63, 3.8) is 0 Å². The lowest BCUT2D eigenvalue weighted by Crippen LogP contribution is -2.41. The van der Waals surface area contributed by atoms with Crippen LogP contribution in [0.15, 0.2) is 22.8 Å². The second-order valence-corrected chi connectivity index (χ2v) is 5.93. The summed E-state index contributed by atoms with van der Waals surface area (Å²) in [6.45, 7) is 0. The second kappa shape index (κ2) is 6.44. The highest BCUT2D eigenvalue weighted by Gasteiger charge is 2.26. The molecule has 1 amide bonds. The van der Waals surface area contributed by atoms with E-state index >= 15 is 0 Å². The number of hydrogen-bond acceptors (Lipinski definition) is 5. The van der Waals surface area contributed by atoms with Crippen LogP contribution in [0.2, 0.25) is 0 Å². The van der Waals surface area contributed by atoms with Crippen LogP contribution in [-0.2, 0) is 16.0 Å². The zero-order valence-electron chi connectivity index (χ0n) is 13.0. The Bertz CT molecular complexity index is 647. The lowest BCUT2D eigenvalue weighted by atomic mass is 9.92. The summed E-state index contributed by atoms with van der Waals surface area (Å²) in [5.41, 5.74) is 2.33. The van der Waals surface area contributed by atoms with E-state index in [4.69, 9.17) is 4.74 Å². The third-order valence-electron chi connectivity index (χ3n) is 4.59. The standard InChI is InChI=1S/C16H21N3O3/c1-19(12-4-6-13(21-2)7-5-12)16(20)10-11-3-8-14-15(9-11)18-22-17-14/h3,8-9,12-13H,4-7,10H2,1-2H3. The van der Waals surface area contributed by atoms with Gasteiger partial charge in [-0.25, -0.2) is 4.63 Å². The molecule has 6 heteroatoms. The van der Waals surface area contributed by atoms with Crippen molar-refractivity contribution in [2.75, 3.05) is 14.2 Å². The largest absolute Gasteiger partial charge is 0.381 e. The summed E-state index contributed by atoms with van der Waals surface area (Å²) >= 11 is 0. The number of rotatable bonds is 4. The van der Waals surface area contributed by atoms with E-state index in [9.17, 15) is 4.79 Å².